The standard InChI is InChI=1S/C16H22N4O5S2/c17-15(21)18-5-6-27-10-13-7-14(26)8-19(13)16(22)25-9-11-1-3-12(4-2-11)20(23)24/h1-4,13-14,26H,5-10H2,(H3,17,18,21)/t13-,14-/m0/s1. The van der Waals surface area contributed by atoms with Crippen LogP contribution in [0.25, 0.3) is 0 Å². The van der Waals surface area contributed by atoms with Gasteiger partial charge in [-0.1, -0.05) is 0 Å². The van der Waals surface area contributed by atoms with Crippen molar-refractivity contribution < 1.29 is 19.2 Å². The lowest BCUT2D eigenvalue weighted by Gasteiger charge is -2.23. The number of benzene rings is 1. The molecule has 2 rings (SSSR count). The van der Waals surface area contributed by atoms with Gasteiger partial charge in [-0.25, -0.2) is 9.59 Å². The van der Waals surface area contributed by atoms with E-state index in [9.17, 15) is 19.7 Å². The molecule has 1 saturated heterocycles. The van der Waals surface area contributed by atoms with Crippen LogP contribution in [0, 0.1) is 10.1 Å². The minimum Gasteiger partial charge on any atom is -0.445 e. The van der Waals surface area contributed by atoms with Crippen LogP contribution in [0.1, 0.15) is 12.0 Å². The molecule has 0 aromatic heterocycles. The second kappa shape index (κ2) is 10.3. The predicted octanol–water partition coefficient (Wildman–Crippen LogP) is 2.01. The molecular formula is C16H22N4O5S2. The Labute approximate surface area is 166 Å². The second-order valence-electron chi connectivity index (χ2n) is 6.04. The summed E-state index contributed by atoms with van der Waals surface area (Å²) in [7, 11) is 0. The average molecular weight is 415 g/mol. The summed E-state index contributed by atoms with van der Waals surface area (Å²) in [6.07, 6.45) is 0.345. The number of hydrogen-bond acceptors (Lipinski definition) is 7. The third kappa shape index (κ3) is 6.83. The van der Waals surface area contributed by atoms with Gasteiger partial charge in [-0.2, -0.15) is 24.4 Å². The molecule has 1 aliphatic rings. The van der Waals surface area contributed by atoms with Crippen molar-refractivity contribution in [2.24, 2.45) is 5.73 Å². The lowest BCUT2D eigenvalue weighted by atomic mass is 10.2. The van der Waals surface area contributed by atoms with E-state index in [1.54, 1.807) is 28.8 Å². The Morgan fingerprint density at radius 1 is 1.41 bits per heavy atom. The number of rotatable bonds is 8. The van der Waals surface area contributed by atoms with E-state index in [0.29, 0.717) is 30.2 Å². The van der Waals surface area contributed by atoms with Crippen LogP contribution in [0.5, 0.6) is 0 Å². The monoisotopic (exact) mass is 414 g/mol. The molecule has 11 heteroatoms. The van der Waals surface area contributed by atoms with E-state index >= 15 is 0 Å². The van der Waals surface area contributed by atoms with Crippen molar-refractivity contribution in [3.8, 4) is 0 Å². The minimum atomic E-state index is -0.552. The van der Waals surface area contributed by atoms with Gasteiger partial charge in [0, 0.05) is 48.0 Å². The van der Waals surface area contributed by atoms with Crippen LogP contribution in [-0.2, 0) is 11.3 Å². The highest BCUT2D eigenvalue weighted by Gasteiger charge is 2.34. The largest absolute Gasteiger partial charge is 0.445 e. The summed E-state index contributed by atoms with van der Waals surface area (Å²) >= 11 is 6.09. The molecule has 27 heavy (non-hydrogen) atoms. The first-order valence-corrected chi connectivity index (χ1v) is 9.99. The van der Waals surface area contributed by atoms with Crippen LogP contribution in [0.4, 0.5) is 15.3 Å². The Kier molecular flexibility index (Phi) is 8.04. The first-order valence-electron chi connectivity index (χ1n) is 8.32. The number of nitrogens with zero attached hydrogens (tertiary/aromatic N) is 2. The zero-order valence-electron chi connectivity index (χ0n) is 14.6. The lowest BCUT2D eigenvalue weighted by molar-refractivity contribution is -0.384. The zero-order chi connectivity index (χ0) is 19.8. The summed E-state index contributed by atoms with van der Waals surface area (Å²) in [5.41, 5.74) is 5.68. The Balaban J connectivity index is 1.80. The maximum Gasteiger partial charge on any atom is 0.410 e. The van der Waals surface area contributed by atoms with E-state index < -0.39 is 17.0 Å². The van der Waals surface area contributed by atoms with Crippen LogP contribution < -0.4 is 11.1 Å². The number of ether oxygens (including phenoxy) is 1. The van der Waals surface area contributed by atoms with Gasteiger partial charge in [-0.05, 0) is 24.1 Å². The van der Waals surface area contributed by atoms with Gasteiger partial charge in [-0.3, -0.25) is 10.1 Å². The highest BCUT2D eigenvalue weighted by atomic mass is 32.2. The maximum atomic E-state index is 12.4. The number of primary amides is 1. The molecule has 0 spiro atoms. The fourth-order valence-corrected chi connectivity index (χ4v) is 4.10. The van der Waals surface area contributed by atoms with Gasteiger partial charge in [0.2, 0.25) is 0 Å². The predicted molar refractivity (Wildman–Crippen MR) is 106 cm³/mol. The summed E-state index contributed by atoms with van der Waals surface area (Å²) in [5.74, 6) is 1.41. The van der Waals surface area contributed by atoms with Crippen LogP contribution >= 0.6 is 24.4 Å². The first kappa shape index (κ1) is 21.2. The molecule has 2 atom stereocenters. The fraction of sp³-hybridized carbons (Fsp3) is 0.500. The normalized spacial score (nSPS) is 18.9. The van der Waals surface area contributed by atoms with Crippen molar-refractivity contribution in [3.05, 3.63) is 39.9 Å². The molecule has 1 heterocycles. The zero-order valence-corrected chi connectivity index (χ0v) is 16.3. The number of nitrogens with one attached hydrogen (secondary N) is 1. The van der Waals surface area contributed by atoms with E-state index in [4.69, 9.17) is 10.5 Å². The summed E-state index contributed by atoms with van der Waals surface area (Å²) < 4.78 is 5.35. The van der Waals surface area contributed by atoms with E-state index in [0.717, 1.165) is 6.42 Å². The Morgan fingerprint density at radius 3 is 2.74 bits per heavy atom. The minimum absolute atomic E-state index is 0.00884. The van der Waals surface area contributed by atoms with Crippen molar-refractivity contribution in [1.29, 1.82) is 0 Å². The molecule has 0 bridgehead atoms. The molecule has 1 fully saturated rings. The summed E-state index contributed by atoms with van der Waals surface area (Å²) in [4.78, 5) is 34.9. The number of nitro benzene ring substituents is 1. The smallest absolute Gasteiger partial charge is 0.410 e. The molecule has 0 saturated carbocycles. The molecule has 1 aromatic carbocycles. The number of carbonyl (C=O) groups excluding carboxylic acids is 2. The molecule has 0 radical (unpaired) electrons. The van der Waals surface area contributed by atoms with Gasteiger partial charge in [0.15, 0.2) is 0 Å². The molecule has 9 nitrogen and oxygen atoms in total. The fourth-order valence-electron chi connectivity index (χ4n) is 2.68. The maximum absolute atomic E-state index is 12.4. The number of urea groups is 1. The van der Waals surface area contributed by atoms with Crippen molar-refractivity contribution >= 4 is 42.2 Å². The van der Waals surface area contributed by atoms with Crippen molar-refractivity contribution in [2.75, 3.05) is 24.6 Å². The van der Waals surface area contributed by atoms with Crippen LogP contribution in [0.2, 0.25) is 0 Å². The molecule has 148 valence electrons. The van der Waals surface area contributed by atoms with Crippen LogP contribution in [0.15, 0.2) is 24.3 Å². The highest BCUT2D eigenvalue weighted by Crippen LogP contribution is 2.25. The van der Waals surface area contributed by atoms with Gasteiger partial charge >= 0.3 is 12.1 Å². The van der Waals surface area contributed by atoms with Crippen LogP contribution in [0.3, 0.4) is 0 Å². The number of thioether (sulfide) groups is 1. The van der Waals surface area contributed by atoms with Gasteiger partial charge in [0.25, 0.3) is 5.69 Å². The summed E-state index contributed by atoms with van der Waals surface area (Å²) in [6, 6.07) is 5.34. The SMILES string of the molecule is NC(=O)NCCSC[C@@H]1C[C@H](S)CN1C(=O)OCc1ccc([N+](=O)[O-])cc1. The number of hydrogen-bond donors (Lipinski definition) is 3. The molecule has 0 aliphatic carbocycles. The number of nitro groups is 1. The highest BCUT2D eigenvalue weighted by molar-refractivity contribution is 7.99. The molecule has 3 amide bonds. The number of non-ortho nitro benzene ring substituents is 1. The molecule has 1 aromatic rings. The number of carbonyl (C=O) groups is 2. The number of likely N-dealkylation sites (tertiary alicyclic amines) is 1. The van der Waals surface area contributed by atoms with E-state index in [1.165, 1.54) is 12.1 Å². The number of amides is 3. The van der Waals surface area contributed by atoms with Gasteiger partial charge in [0.1, 0.15) is 6.61 Å². The number of nitrogens with two attached hydrogens (primary N) is 1. The summed E-state index contributed by atoms with van der Waals surface area (Å²) in [5, 5.41) is 13.3. The van der Waals surface area contributed by atoms with E-state index in [-0.39, 0.29) is 23.6 Å². The lowest BCUT2D eigenvalue weighted by Crippen LogP contribution is -2.38. The van der Waals surface area contributed by atoms with Crippen molar-refractivity contribution in [1.82, 2.24) is 10.2 Å². The first-order chi connectivity index (χ1) is 12.9. The van der Waals surface area contributed by atoms with Crippen molar-refractivity contribution in [3.63, 3.8) is 0 Å². The Hall–Kier alpha value is -2.14. The third-order valence-electron chi connectivity index (χ3n) is 3.99. The Bertz CT molecular complexity index is 673. The second-order valence-corrected chi connectivity index (χ2v) is 7.92. The van der Waals surface area contributed by atoms with E-state index in [1.807, 2.05) is 0 Å². The summed E-state index contributed by atoms with van der Waals surface area (Å²) in [6.45, 7) is 1.03. The van der Waals surface area contributed by atoms with Gasteiger partial charge < -0.3 is 20.7 Å². The number of thiol groups is 1. The topological polar surface area (TPSA) is 128 Å². The average Bonchev–Trinajstić information content (AvgIpc) is 3.00. The molecule has 1 aliphatic heterocycles. The van der Waals surface area contributed by atoms with Crippen molar-refractivity contribution in [2.45, 2.75) is 24.3 Å². The quantitative estimate of drug-likeness (QED) is 0.258. The van der Waals surface area contributed by atoms with Crippen LogP contribution in [-0.4, -0.2) is 57.8 Å². The third-order valence-corrected chi connectivity index (χ3v) is 5.48. The molecular weight excluding hydrogens is 392 g/mol. The molecule has 0 unspecified atom stereocenters. The van der Waals surface area contributed by atoms with Gasteiger partial charge in [0.05, 0.1) is 4.92 Å². The van der Waals surface area contributed by atoms with Gasteiger partial charge in [-0.15, -0.1) is 0 Å². The molecule has 3 N–H and O–H groups in total. The Morgan fingerprint density at radius 2 is 2.11 bits per heavy atom. The van der Waals surface area contributed by atoms with E-state index in [2.05, 4.69) is 17.9 Å².